The van der Waals surface area contributed by atoms with Crippen LogP contribution in [0.2, 0.25) is 0 Å². The van der Waals surface area contributed by atoms with Crippen LogP contribution in [0.25, 0.3) is 0 Å². The van der Waals surface area contributed by atoms with Gasteiger partial charge in [-0.3, -0.25) is 9.59 Å². The molecule has 2 aromatic rings. The molecule has 2 amide bonds. The maximum absolute atomic E-state index is 13.6. The minimum atomic E-state index is -0.685. The van der Waals surface area contributed by atoms with Gasteiger partial charge in [-0.1, -0.05) is 48.5 Å². The van der Waals surface area contributed by atoms with Crippen LogP contribution >= 0.6 is 0 Å². The molecule has 5 aliphatic rings. The third-order valence-electron chi connectivity index (χ3n) is 7.68. The number of carbonyl (C=O) groups is 2. The van der Waals surface area contributed by atoms with Gasteiger partial charge in [-0.05, 0) is 30.0 Å². The molecule has 5 heteroatoms. The van der Waals surface area contributed by atoms with Gasteiger partial charge in [0.15, 0.2) is 0 Å². The van der Waals surface area contributed by atoms with Gasteiger partial charge >= 0.3 is 0 Å². The highest BCUT2D eigenvalue weighted by Gasteiger charge is 2.66. The van der Waals surface area contributed by atoms with Crippen molar-refractivity contribution in [2.45, 2.75) is 36.9 Å². The van der Waals surface area contributed by atoms with Crippen molar-refractivity contribution in [2.75, 3.05) is 18.6 Å². The number of fused-ring (bicyclic) bond motifs is 2. The molecule has 5 unspecified atom stereocenters. The van der Waals surface area contributed by atoms with Crippen LogP contribution in [0.5, 0.6) is 0 Å². The molecular weight excluding hydrogens is 364 g/mol. The second-order valence-electron chi connectivity index (χ2n) is 8.90. The van der Waals surface area contributed by atoms with Crippen LogP contribution < -0.4 is 4.90 Å². The van der Waals surface area contributed by atoms with Gasteiger partial charge in [0.05, 0.1) is 12.7 Å². The van der Waals surface area contributed by atoms with E-state index in [1.54, 1.807) is 4.90 Å². The molecule has 4 fully saturated rings. The highest BCUT2D eigenvalue weighted by atomic mass is 16.5. The molecule has 29 heavy (non-hydrogen) atoms. The molecule has 0 aromatic heterocycles. The first-order valence-corrected chi connectivity index (χ1v) is 10.4. The van der Waals surface area contributed by atoms with E-state index in [0.717, 1.165) is 16.8 Å². The predicted octanol–water partition coefficient (Wildman–Crippen LogP) is 2.74. The number of likely N-dealkylation sites (N-methyl/N-ethyl adjacent to an activating group) is 1. The molecule has 3 saturated heterocycles. The zero-order chi connectivity index (χ0) is 19.8. The number of rotatable bonds is 2. The number of carbonyl (C=O) groups excluding carboxylic acids is 2. The fourth-order valence-corrected chi connectivity index (χ4v) is 6.30. The SMILES string of the molecule is CN1C(=O)C2(CC3C4COC2CC4C(=O)N3Cc2ccccc2)c2ccccc21. The van der Waals surface area contributed by atoms with Crippen LogP contribution in [0.1, 0.15) is 24.0 Å². The average Bonchev–Trinajstić information content (AvgIpc) is 2.99. The lowest BCUT2D eigenvalue weighted by Gasteiger charge is -2.39. The fraction of sp³-hybridized carbons (Fsp3) is 0.417. The quantitative estimate of drug-likeness (QED) is 0.795. The number of hydrogen-bond donors (Lipinski definition) is 0. The van der Waals surface area contributed by atoms with E-state index in [1.165, 1.54) is 0 Å². The Balaban J connectivity index is 1.46. The second-order valence-corrected chi connectivity index (χ2v) is 8.90. The summed E-state index contributed by atoms with van der Waals surface area (Å²) in [6, 6.07) is 18.3. The van der Waals surface area contributed by atoms with Crippen molar-refractivity contribution in [1.82, 2.24) is 4.90 Å². The summed E-state index contributed by atoms with van der Waals surface area (Å²) < 4.78 is 6.32. The first kappa shape index (κ1) is 17.2. The molecule has 0 N–H and O–H groups in total. The van der Waals surface area contributed by atoms with Gasteiger partial charge in [0.25, 0.3) is 0 Å². The van der Waals surface area contributed by atoms with E-state index >= 15 is 0 Å². The van der Waals surface area contributed by atoms with Gasteiger partial charge in [-0.15, -0.1) is 0 Å². The Morgan fingerprint density at radius 3 is 2.66 bits per heavy atom. The monoisotopic (exact) mass is 388 g/mol. The van der Waals surface area contributed by atoms with Crippen molar-refractivity contribution in [1.29, 1.82) is 0 Å². The number of anilines is 1. The summed E-state index contributed by atoms with van der Waals surface area (Å²) in [5, 5.41) is 0. The second kappa shape index (κ2) is 5.92. The van der Waals surface area contributed by atoms with Gasteiger partial charge in [-0.25, -0.2) is 0 Å². The molecule has 4 bridgehead atoms. The lowest BCUT2D eigenvalue weighted by Crippen LogP contribution is -2.53. The molecule has 1 aliphatic carbocycles. The summed E-state index contributed by atoms with van der Waals surface area (Å²) in [6.45, 7) is 1.17. The van der Waals surface area contributed by atoms with E-state index in [1.807, 2.05) is 48.3 Å². The number of nitrogens with zero attached hydrogens (tertiary/aromatic N) is 2. The van der Waals surface area contributed by atoms with Crippen molar-refractivity contribution in [3.63, 3.8) is 0 Å². The smallest absolute Gasteiger partial charge is 0.240 e. The molecule has 0 radical (unpaired) electrons. The van der Waals surface area contributed by atoms with Crippen LogP contribution in [0.4, 0.5) is 5.69 Å². The molecule has 2 aromatic carbocycles. The Hall–Kier alpha value is -2.66. The van der Waals surface area contributed by atoms with Crippen LogP contribution in [0.15, 0.2) is 54.6 Å². The Kier molecular flexibility index (Phi) is 3.52. The minimum Gasteiger partial charge on any atom is -0.376 e. The summed E-state index contributed by atoms with van der Waals surface area (Å²) >= 11 is 0. The number of likely N-dealkylation sites (tertiary alicyclic amines) is 1. The third kappa shape index (κ3) is 2.14. The van der Waals surface area contributed by atoms with Gasteiger partial charge in [0, 0.05) is 37.2 Å². The van der Waals surface area contributed by atoms with E-state index in [9.17, 15) is 9.59 Å². The Morgan fingerprint density at radius 2 is 1.83 bits per heavy atom. The minimum absolute atomic E-state index is 0.0312. The maximum atomic E-state index is 13.6. The van der Waals surface area contributed by atoms with Gasteiger partial charge in [0.1, 0.15) is 5.41 Å². The Labute approximate surface area is 170 Å². The predicted molar refractivity (Wildman–Crippen MR) is 108 cm³/mol. The van der Waals surface area contributed by atoms with Gasteiger partial charge in [-0.2, -0.15) is 0 Å². The summed E-state index contributed by atoms with van der Waals surface area (Å²) in [5.74, 6) is 0.489. The number of hydrogen-bond acceptors (Lipinski definition) is 3. The third-order valence-corrected chi connectivity index (χ3v) is 7.68. The molecule has 4 heterocycles. The zero-order valence-electron chi connectivity index (χ0n) is 16.5. The standard InChI is InChI=1S/C24H24N2O3/c1-25-19-10-6-5-9-18(19)24(23(25)28)12-20-17-14-29-21(24)11-16(17)22(27)26(20)13-15-7-3-2-4-8-15/h2-10,16-17,20-21H,11-14H2,1H3. The van der Waals surface area contributed by atoms with E-state index in [2.05, 4.69) is 18.2 Å². The first-order valence-electron chi connectivity index (χ1n) is 10.4. The number of amides is 2. The van der Waals surface area contributed by atoms with E-state index in [-0.39, 0.29) is 35.8 Å². The normalized spacial score (nSPS) is 34.8. The molecule has 5 atom stereocenters. The van der Waals surface area contributed by atoms with Crippen LogP contribution in [0, 0.1) is 11.8 Å². The Morgan fingerprint density at radius 1 is 1.07 bits per heavy atom. The van der Waals surface area contributed by atoms with Gasteiger partial charge in [0.2, 0.25) is 11.8 Å². The number of benzene rings is 2. The maximum Gasteiger partial charge on any atom is 0.240 e. The van der Waals surface area contributed by atoms with Crippen LogP contribution in [-0.4, -0.2) is 42.5 Å². The van der Waals surface area contributed by atoms with Crippen molar-refractivity contribution < 1.29 is 14.3 Å². The average molecular weight is 388 g/mol. The molecular formula is C24H24N2O3. The fourth-order valence-electron chi connectivity index (χ4n) is 6.30. The lowest BCUT2D eigenvalue weighted by molar-refractivity contribution is -0.143. The largest absolute Gasteiger partial charge is 0.376 e. The molecule has 1 spiro atoms. The van der Waals surface area contributed by atoms with Crippen LogP contribution in [-0.2, 0) is 26.3 Å². The van der Waals surface area contributed by atoms with Crippen LogP contribution in [0.3, 0.4) is 0 Å². The topological polar surface area (TPSA) is 49.9 Å². The summed E-state index contributed by atoms with van der Waals surface area (Å²) in [5.41, 5.74) is 2.49. The van der Waals surface area contributed by atoms with Crippen molar-refractivity contribution in [2.24, 2.45) is 11.8 Å². The number of ether oxygens (including phenoxy) is 1. The zero-order valence-corrected chi connectivity index (χ0v) is 16.5. The van der Waals surface area contributed by atoms with E-state index in [0.29, 0.717) is 26.0 Å². The first-order chi connectivity index (χ1) is 14.1. The summed E-state index contributed by atoms with van der Waals surface area (Å²) in [4.78, 5) is 30.8. The van der Waals surface area contributed by atoms with E-state index in [4.69, 9.17) is 4.74 Å². The highest BCUT2D eigenvalue weighted by Crippen LogP contribution is 2.57. The van der Waals surface area contributed by atoms with Gasteiger partial charge < -0.3 is 14.5 Å². The number of para-hydroxylation sites is 1. The lowest BCUT2D eigenvalue weighted by atomic mass is 9.71. The summed E-state index contributed by atoms with van der Waals surface area (Å²) in [7, 11) is 1.86. The molecule has 148 valence electrons. The van der Waals surface area contributed by atoms with Crippen molar-refractivity contribution in [3.05, 3.63) is 65.7 Å². The molecule has 1 saturated carbocycles. The molecule has 7 rings (SSSR count). The van der Waals surface area contributed by atoms with Crippen molar-refractivity contribution >= 4 is 17.5 Å². The Bertz CT molecular complexity index is 1010. The molecule has 4 aliphatic heterocycles. The summed E-state index contributed by atoms with van der Waals surface area (Å²) in [6.07, 6.45) is 1.06. The molecule has 5 nitrogen and oxygen atoms in total. The van der Waals surface area contributed by atoms with E-state index < -0.39 is 5.41 Å². The van der Waals surface area contributed by atoms with Crippen molar-refractivity contribution in [3.8, 4) is 0 Å². The highest BCUT2D eigenvalue weighted by molar-refractivity contribution is 6.08.